The van der Waals surface area contributed by atoms with Gasteiger partial charge < -0.3 is 0 Å². The van der Waals surface area contributed by atoms with Gasteiger partial charge in [0.1, 0.15) is 5.82 Å². The van der Waals surface area contributed by atoms with Crippen LogP contribution in [0.1, 0.15) is 5.69 Å². The summed E-state index contributed by atoms with van der Waals surface area (Å²) in [6.45, 7) is 1.82. The largest absolute Gasteiger partial charge is 0.263 e. The zero-order chi connectivity index (χ0) is 18.9. The molecule has 0 fully saturated rings. The summed E-state index contributed by atoms with van der Waals surface area (Å²) in [4.78, 5) is 4.39. The smallest absolute Gasteiger partial charge is 0.263 e. The van der Waals surface area contributed by atoms with E-state index in [2.05, 4.69) is 34.0 Å². The highest BCUT2D eigenvalue weighted by molar-refractivity contribution is 7.92. The molecule has 0 amide bonds. The van der Waals surface area contributed by atoms with Crippen molar-refractivity contribution in [1.82, 2.24) is 4.98 Å². The Hall–Kier alpha value is -3.18. The predicted octanol–water partition coefficient (Wildman–Crippen LogP) is 5.01. The van der Waals surface area contributed by atoms with E-state index in [0.29, 0.717) is 5.82 Å². The van der Waals surface area contributed by atoms with E-state index in [4.69, 9.17) is 0 Å². The third-order valence-electron chi connectivity index (χ3n) is 4.37. The summed E-state index contributed by atoms with van der Waals surface area (Å²) in [5.41, 5.74) is 2.76. The van der Waals surface area contributed by atoms with Gasteiger partial charge in [-0.3, -0.25) is 4.72 Å². The van der Waals surface area contributed by atoms with Crippen molar-refractivity contribution in [2.24, 2.45) is 0 Å². The Kier molecular flexibility index (Phi) is 4.38. The van der Waals surface area contributed by atoms with Crippen molar-refractivity contribution >= 4 is 26.6 Å². The lowest BCUT2D eigenvalue weighted by molar-refractivity contribution is 0.601. The first-order valence-corrected chi connectivity index (χ1v) is 10.1. The van der Waals surface area contributed by atoms with Crippen molar-refractivity contribution in [2.45, 2.75) is 11.8 Å². The number of aromatic nitrogens is 1. The minimum Gasteiger partial charge on any atom is -0.263 e. The molecule has 4 rings (SSSR count). The van der Waals surface area contributed by atoms with Crippen molar-refractivity contribution in [3.8, 4) is 11.1 Å². The predicted molar refractivity (Wildman–Crippen MR) is 109 cm³/mol. The van der Waals surface area contributed by atoms with Crippen molar-refractivity contribution in [1.29, 1.82) is 0 Å². The maximum absolute atomic E-state index is 12.6. The molecule has 0 spiro atoms. The summed E-state index contributed by atoms with van der Waals surface area (Å²) in [6.07, 6.45) is 0. The van der Waals surface area contributed by atoms with Crippen LogP contribution < -0.4 is 4.72 Å². The summed E-state index contributed by atoms with van der Waals surface area (Å²) >= 11 is 0. The number of hydrogen-bond acceptors (Lipinski definition) is 3. The molecule has 3 aromatic carbocycles. The van der Waals surface area contributed by atoms with Crippen LogP contribution in [0, 0.1) is 6.92 Å². The van der Waals surface area contributed by atoms with Gasteiger partial charge in [-0.1, -0.05) is 54.6 Å². The molecule has 1 N–H and O–H groups in total. The van der Waals surface area contributed by atoms with Crippen LogP contribution in [0.4, 0.5) is 5.82 Å². The van der Waals surface area contributed by atoms with Gasteiger partial charge in [0.15, 0.2) is 0 Å². The zero-order valence-electron chi connectivity index (χ0n) is 14.8. The lowest BCUT2D eigenvalue weighted by Gasteiger charge is -2.09. The topological polar surface area (TPSA) is 59.1 Å². The van der Waals surface area contributed by atoms with Crippen LogP contribution in [0.25, 0.3) is 21.9 Å². The third-order valence-corrected chi connectivity index (χ3v) is 5.75. The van der Waals surface area contributed by atoms with Gasteiger partial charge in [-0.2, -0.15) is 0 Å². The van der Waals surface area contributed by atoms with Gasteiger partial charge in [-0.15, -0.1) is 0 Å². The minimum atomic E-state index is -3.68. The van der Waals surface area contributed by atoms with Crippen LogP contribution in [0.15, 0.2) is 89.8 Å². The monoisotopic (exact) mass is 374 g/mol. The summed E-state index contributed by atoms with van der Waals surface area (Å²) in [6, 6.07) is 26.5. The van der Waals surface area contributed by atoms with E-state index in [1.165, 1.54) is 5.39 Å². The number of anilines is 1. The van der Waals surface area contributed by atoms with E-state index in [9.17, 15) is 8.42 Å². The van der Waals surface area contributed by atoms with E-state index in [1.807, 2.05) is 43.3 Å². The Bertz CT molecular complexity index is 1220. The molecule has 0 saturated carbocycles. The number of rotatable bonds is 4. The molecule has 1 aromatic heterocycles. The van der Waals surface area contributed by atoms with Crippen molar-refractivity contribution in [3.63, 3.8) is 0 Å². The van der Waals surface area contributed by atoms with Gasteiger partial charge in [0.05, 0.1) is 4.90 Å². The van der Waals surface area contributed by atoms with Crippen molar-refractivity contribution in [3.05, 3.63) is 90.6 Å². The Balaban J connectivity index is 1.62. The fourth-order valence-electron chi connectivity index (χ4n) is 2.99. The molecule has 0 saturated heterocycles. The fourth-order valence-corrected chi connectivity index (χ4v) is 3.99. The number of nitrogens with zero attached hydrogens (tertiary/aromatic N) is 1. The van der Waals surface area contributed by atoms with Crippen LogP contribution in [-0.4, -0.2) is 13.4 Å². The second-order valence-corrected chi connectivity index (χ2v) is 8.04. The lowest BCUT2D eigenvalue weighted by Crippen LogP contribution is -2.14. The number of sulfonamides is 1. The van der Waals surface area contributed by atoms with E-state index in [0.717, 1.165) is 22.2 Å². The third kappa shape index (κ3) is 3.68. The second kappa shape index (κ2) is 6.85. The molecule has 0 unspecified atom stereocenters. The molecule has 4 aromatic rings. The number of benzene rings is 3. The summed E-state index contributed by atoms with van der Waals surface area (Å²) < 4.78 is 27.7. The van der Waals surface area contributed by atoms with Crippen LogP contribution >= 0.6 is 0 Å². The average molecular weight is 374 g/mol. The van der Waals surface area contributed by atoms with Crippen molar-refractivity contribution < 1.29 is 8.42 Å². The Morgan fingerprint density at radius 1 is 0.741 bits per heavy atom. The first kappa shape index (κ1) is 17.2. The fraction of sp³-hybridized carbons (Fsp3) is 0.0455. The first-order chi connectivity index (χ1) is 13.0. The maximum Gasteiger partial charge on any atom is 0.263 e. The van der Waals surface area contributed by atoms with Gasteiger partial charge in [-0.05, 0) is 59.2 Å². The summed E-state index contributed by atoms with van der Waals surface area (Å²) in [5, 5.41) is 2.33. The van der Waals surface area contributed by atoms with E-state index in [-0.39, 0.29) is 4.90 Å². The standard InChI is InChI=1S/C22H18N2O2S/c1-16-5-4-8-22(23-16)24-27(25,26)21-13-11-18(12-14-21)20-10-9-17-6-2-3-7-19(17)15-20/h2-15H,1H3,(H,23,24). The molecule has 5 heteroatoms. The molecule has 0 aliphatic carbocycles. The van der Waals surface area contributed by atoms with E-state index < -0.39 is 10.0 Å². The highest BCUT2D eigenvalue weighted by Gasteiger charge is 2.15. The summed E-state index contributed by atoms with van der Waals surface area (Å²) in [7, 11) is -3.68. The SMILES string of the molecule is Cc1cccc(NS(=O)(=O)c2ccc(-c3ccc4ccccc4c3)cc2)n1. The number of aryl methyl sites for hydroxylation is 1. The quantitative estimate of drug-likeness (QED) is 0.546. The number of fused-ring (bicyclic) bond motifs is 1. The van der Waals surface area contributed by atoms with Crippen molar-refractivity contribution in [2.75, 3.05) is 4.72 Å². The van der Waals surface area contributed by atoms with Crippen LogP contribution in [0.5, 0.6) is 0 Å². The normalized spacial score (nSPS) is 11.4. The van der Waals surface area contributed by atoms with E-state index >= 15 is 0 Å². The molecule has 0 atom stereocenters. The zero-order valence-corrected chi connectivity index (χ0v) is 15.6. The van der Waals surface area contributed by atoms with Gasteiger partial charge in [0.25, 0.3) is 10.0 Å². The van der Waals surface area contributed by atoms with Crippen LogP contribution in [0.3, 0.4) is 0 Å². The molecular weight excluding hydrogens is 356 g/mol. The minimum absolute atomic E-state index is 0.204. The highest BCUT2D eigenvalue weighted by Crippen LogP contribution is 2.26. The molecular formula is C22H18N2O2S. The molecule has 0 radical (unpaired) electrons. The number of hydrogen-bond donors (Lipinski definition) is 1. The summed E-state index contributed by atoms with van der Waals surface area (Å²) in [5.74, 6) is 0.314. The molecule has 0 bridgehead atoms. The molecule has 27 heavy (non-hydrogen) atoms. The molecule has 134 valence electrons. The van der Waals surface area contributed by atoms with Crippen LogP contribution in [0.2, 0.25) is 0 Å². The Morgan fingerprint density at radius 3 is 2.19 bits per heavy atom. The number of nitrogens with one attached hydrogen (secondary N) is 1. The average Bonchev–Trinajstić information content (AvgIpc) is 2.67. The second-order valence-electron chi connectivity index (χ2n) is 6.36. The van der Waals surface area contributed by atoms with Crippen LogP contribution in [-0.2, 0) is 10.0 Å². The van der Waals surface area contributed by atoms with Gasteiger partial charge in [0, 0.05) is 5.69 Å². The van der Waals surface area contributed by atoms with E-state index in [1.54, 1.807) is 24.3 Å². The molecule has 0 aliphatic rings. The molecule has 4 nitrogen and oxygen atoms in total. The van der Waals surface area contributed by atoms with Gasteiger partial charge in [-0.25, -0.2) is 13.4 Å². The highest BCUT2D eigenvalue weighted by atomic mass is 32.2. The Morgan fingerprint density at radius 2 is 1.44 bits per heavy atom. The van der Waals surface area contributed by atoms with Gasteiger partial charge in [0.2, 0.25) is 0 Å². The number of pyridine rings is 1. The maximum atomic E-state index is 12.6. The first-order valence-electron chi connectivity index (χ1n) is 8.57. The van der Waals surface area contributed by atoms with Gasteiger partial charge >= 0.3 is 0 Å². The molecule has 0 aliphatic heterocycles. The molecule has 1 heterocycles. The Labute approximate surface area is 158 Å². The lowest BCUT2D eigenvalue weighted by atomic mass is 10.0.